The van der Waals surface area contributed by atoms with Gasteiger partial charge >= 0.3 is 0 Å². The van der Waals surface area contributed by atoms with Crippen LogP contribution in [0.5, 0.6) is 0 Å². The van der Waals surface area contributed by atoms with Crippen molar-refractivity contribution in [1.29, 1.82) is 0 Å². The second-order valence-electron chi connectivity index (χ2n) is 5.68. The Hall–Kier alpha value is -1.99. The van der Waals surface area contributed by atoms with Crippen molar-refractivity contribution in [3.05, 3.63) is 39.4 Å². The first kappa shape index (κ1) is 18.1. The van der Waals surface area contributed by atoms with Crippen LogP contribution >= 0.6 is 0 Å². The number of ether oxygens (including phenoxy) is 2. The number of carbonyl (C=O) groups is 1. The van der Waals surface area contributed by atoms with Crippen molar-refractivity contribution < 1.29 is 19.2 Å². The Morgan fingerprint density at radius 1 is 1.36 bits per heavy atom. The van der Waals surface area contributed by atoms with Gasteiger partial charge in [0.2, 0.25) is 5.91 Å². The first-order chi connectivity index (χ1) is 10.3. The molecule has 0 saturated carbocycles. The molecule has 0 aromatic heterocycles. The third kappa shape index (κ3) is 5.09. The third-order valence-electron chi connectivity index (χ3n) is 3.26. The van der Waals surface area contributed by atoms with Crippen LogP contribution in [0, 0.1) is 10.1 Å². The topological polar surface area (TPSA) is 105 Å². The molecule has 1 aromatic carbocycles. The lowest BCUT2D eigenvalue weighted by molar-refractivity contribution is -0.386. The summed E-state index contributed by atoms with van der Waals surface area (Å²) in [5, 5.41) is 11.3. The van der Waals surface area contributed by atoms with Crippen molar-refractivity contribution in [3.63, 3.8) is 0 Å². The van der Waals surface area contributed by atoms with Crippen molar-refractivity contribution >= 4 is 11.6 Å². The molecule has 0 radical (unpaired) electrons. The number of hydrogen-bond acceptors (Lipinski definition) is 5. The number of amides is 1. The maximum absolute atomic E-state index is 11.3. The average molecular weight is 310 g/mol. The molecule has 0 aliphatic carbocycles. The predicted molar refractivity (Wildman–Crippen MR) is 81.7 cm³/mol. The van der Waals surface area contributed by atoms with Crippen LogP contribution in [-0.2, 0) is 26.1 Å². The van der Waals surface area contributed by atoms with Crippen LogP contribution in [0.15, 0.2) is 18.2 Å². The van der Waals surface area contributed by atoms with Crippen LogP contribution in [0.4, 0.5) is 5.69 Å². The second kappa shape index (κ2) is 7.86. The van der Waals surface area contributed by atoms with Crippen molar-refractivity contribution in [2.24, 2.45) is 5.73 Å². The van der Waals surface area contributed by atoms with Crippen LogP contribution < -0.4 is 5.73 Å². The molecule has 0 atom stereocenters. The molecule has 1 rings (SSSR count). The highest BCUT2D eigenvalue weighted by Crippen LogP contribution is 2.32. The third-order valence-corrected chi connectivity index (χ3v) is 3.26. The van der Waals surface area contributed by atoms with Gasteiger partial charge in [-0.05, 0) is 5.56 Å². The molecule has 0 spiro atoms. The van der Waals surface area contributed by atoms with E-state index in [1.54, 1.807) is 19.2 Å². The molecule has 1 aromatic rings. The average Bonchev–Trinajstić information content (AvgIpc) is 2.42. The Bertz CT molecular complexity index is 543. The Morgan fingerprint density at radius 2 is 2.05 bits per heavy atom. The lowest BCUT2D eigenvalue weighted by Gasteiger charge is -2.25. The van der Waals surface area contributed by atoms with Crippen LogP contribution in [0.3, 0.4) is 0 Å². The molecule has 1 amide bonds. The van der Waals surface area contributed by atoms with Crippen molar-refractivity contribution in [1.82, 2.24) is 0 Å². The number of nitro groups is 1. The van der Waals surface area contributed by atoms with E-state index in [2.05, 4.69) is 0 Å². The zero-order valence-corrected chi connectivity index (χ0v) is 13.1. The van der Waals surface area contributed by atoms with Gasteiger partial charge in [0.25, 0.3) is 5.69 Å². The Morgan fingerprint density at radius 3 is 2.59 bits per heavy atom. The summed E-state index contributed by atoms with van der Waals surface area (Å²) in [5.74, 6) is -0.524. The summed E-state index contributed by atoms with van der Waals surface area (Å²) in [5.41, 5.74) is 5.64. The van der Waals surface area contributed by atoms with Crippen LogP contribution in [-0.4, -0.2) is 37.8 Å². The summed E-state index contributed by atoms with van der Waals surface area (Å²) >= 11 is 0. The van der Waals surface area contributed by atoms with Gasteiger partial charge < -0.3 is 15.2 Å². The minimum Gasteiger partial charge on any atom is -0.382 e. The summed E-state index contributed by atoms with van der Waals surface area (Å²) in [7, 11) is 1.58. The van der Waals surface area contributed by atoms with Gasteiger partial charge in [-0.25, -0.2) is 0 Å². The van der Waals surface area contributed by atoms with Crippen LogP contribution in [0.2, 0.25) is 0 Å². The maximum Gasteiger partial charge on any atom is 0.273 e. The van der Waals surface area contributed by atoms with Gasteiger partial charge in [0.05, 0.1) is 31.2 Å². The predicted octanol–water partition coefficient (Wildman–Crippen LogP) is 1.56. The van der Waals surface area contributed by atoms with E-state index in [1.165, 1.54) is 6.07 Å². The number of nitro benzene ring substituents is 1. The second-order valence-corrected chi connectivity index (χ2v) is 5.68. The quantitative estimate of drug-likeness (QED) is 0.423. The summed E-state index contributed by atoms with van der Waals surface area (Å²) in [6, 6.07) is 4.75. The number of primary amides is 1. The highest BCUT2D eigenvalue weighted by atomic mass is 16.6. The lowest BCUT2D eigenvalue weighted by Crippen LogP contribution is -2.26. The molecule has 22 heavy (non-hydrogen) atoms. The summed E-state index contributed by atoms with van der Waals surface area (Å²) in [6.45, 7) is 4.96. The zero-order chi connectivity index (χ0) is 16.8. The Labute approximate surface area is 129 Å². The van der Waals surface area contributed by atoms with Gasteiger partial charge in [-0.1, -0.05) is 26.0 Å². The fourth-order valence-electron chi connectivity index (χ4n) is 2.16. The smallest absolute Gasteiger partial charge is 0.273 e. The van der Waals surface area contributed by atoms with E-state index in [0.717, 1.165) is 0 Å². The molecule has 0 aliphatic heterocycles. The Balaban J connectivity index is 3.00. The van der Waals surface area contributed by atoms with E-state index in [-0.39, 0.29) is 12.1 Å². The van der Waals surface area contributed by atoms with Crippen LogP contribution in [0.25, 0.3) is 0 Å². The molecular weight excluding hydrogens is 288 g/mol. The number of nitrogens with zero attached hydrogens (tertiary/aromatic N) is 1. The highest BCUT2D eigenvalue weighted by molar-refractivity contribution is 5.77. The number of nitrogens with two attached hydrogens (primary N) is 1. The van der Waals surface area contributed by atoms with E-state index in [4.69, 9.17) is 15.2 Å². The van der Waals surface area contributed by atoms with Crippen molar-refractivity contribution in [2.75, 3.05) is 26.9 Å². The van der Waals surface area contributed by atoms with E-state index >= 15 is 0 Å². The van der Waals surface area contributed by atoms with E-state index in [9.17, 15) is 14.9 Å². The molecular formula is C15H22N2O5. The minimum absolute atomic E-state index is 0.0219. The van der Waals surface area contributed by atoms with E-state index < -0.39 is 16.2 Å². The van der Waals surface area contributed by atoms with Gasteiger partial charge in [0.1, 0.15) is 0 Å². The zero-order valence-electron chi connectivity index (χ0n) is 13.1. The fraction of sp³-hybridized carbons (Fsp3) is 0.533. The number of methoxy groups -OCH3 is 1. The molecule has 0 saturated heterocycles. The molecule has 7 heteroatoms. The van der Waals surface area contributed by atoms with Gasteiger partial charge in [0.15, 0.2) is 0 Å². The summed E-state index contributed by atoms with van der Waals surface area (Å²) in [4.78, 5) is 21.8. The fourth-order valence-corrected chi connectivity index (χ4v) is 2.16. The van der Waals surface area contributed by atoms with Gasteiger partial charge in [0, 0.05) is 24.2 Å². The Kier molecular flexibility index (Phi) is 6.45. The molecule has 7 nitrogen and oxygen atoms in total. The molecule has 122 valence electrons. The molecule has 0 heterocycles. The van der Waals surface area contributed by atoms with Gasteiger partial charge in [-0.3, -0.25) is 14.9 Å². The first-order valence-corrected chi connectivity index (χ1v) is 6.90. The largest absolute Gasteiger partial charge is 0.382 e. The monoisotopic (exact) mass is 310 g/mol. The van der Waals surface area contributed by atoms with Gasteiger partial charge in [-0.2, -0.15) is 0 Å². The number of benzene rings is 1. The molecule has 2 N–H and O–H groups in total. The standard InChI is InChI=1S/C15H22N2O5/c1-15(2,10-22-7-6-21-3)12-5-4-11(9-14(16)18)8-13(12)17(19)20/h4-5,8H,6-7,9-10H2,1-3H3,(H2,16,18). The summed E-state index contributed by atoms with van der Waals surface area (Å²) in [6.07, 6.45) is -0.0219. The SMILES string of the molecule is COCCOCC(C)(C)c1ccc(CC(N)=O)cc1[N+](=O)[O-]. The number of rotatable bonds is 9. The number of carbonyl (C=O) groups excluding carboxylic acids is 1. The summed E-state index contributed by atoms with van der Waals surface area (Å²) < 4.78 is 10.4. The number of hydrogen-bond donors (Lipinski definition) is 1. The van der Waals surface area contributed by atoms with Gasteiger partial charge in [-0.15, -0.1) is 0 Å². The van der Waals surface area contributed by atoms with E-state index in [0.29, 0.717) is 30.9 Å². The molecule has 0 bridgehead atoms. The first-order valence-electron chi connectivity index (χ1n) is 6.90. The molecule has 0 fully saturated rings. The maximum atomic E-state index is 11.3. The van der Waals surface area contributed by atoms with Crippen molar-refractivity contribution in [3.8, 4) is 0 Å². The molecule has 0 unspecified atom stereocenters. The van der Waals surface area contributed by atoms with Crippen molar-refractivity contribution in [2.45, 2.75) is 25.7 Å². The molecule has 0 aliphatic rings. The van der Waals surface area contributed by atoms with Crippen LogP contribution in [0.1, 0.15) is 25.0 Å². The minimum atomic E-state index is -0.540. The highest BCUT2D eigenvalue weighted by Gasteiger charge is 2.29. The normalized spacial score (nSPS) is 11.4. The lowest BCUT2D eigenvalue weighted by atomic mass is 9.83. The van der Waals surface area contributed by atoms with E-state index in [1.807, 2.05) is 13.8 Å².